The number of nitrogens with zero attached hydrogens (tertiary/aromatic N) is 1. The van der Waals surface area contributed by atoms with Gasteiger partial charge in [-0.25, -0.2) is 4.39 Å². The molecule has 0 aliphatic carbocycles. The van der Waals surface area contributed by atoms with Crippen LogP contribution in [0.25, 0.3) is 0 Å². The third-order valence-corrected chi connectivity index (χ3v) is 5.67. The van der Waals surface area contributed by atoms with Gasteiger partial charge in [-0.2, -0.15) is 0 Å². The second-order valence-corrected chi connectivity index (χ2v) is 8.96. The van der Waals surface area contributed by atoms with Crippen LogP contribution in [0.2, 0.25) is 0 Å². The number of nitro groups is 1. The second kappa shape index (κ2) is 12.7. The third-order valence-electron chi connectivity index (χ3n) is 4.52. The van der Waals surface area contributed by atoms with Crippen LogP contribution >= 0.6 is 11.8 Å². The molecule has 0 heterocycles. The van der Waals surface area contributed by atoms with E-state index in [1.807, 2.05) is 0 Å². The van der Waals surface area contributed by atoms with E-state index in [0.717, 1.165) is 11.8 Å². The van der Waals surface area contributed by atoms with Crippen molar-refractivity contribution in [3.8, 4) is 0 Å². The number of esters is 1. The van der Waals surface area contributed by atoms with E-state index in [2.05, 4.69) is 10.6 Å². The van der Waals surface area contributed by atoms with Gasteiger partial charge in [-0.3, -0.25) is 24.5 Å². The smallest absolute Gasteiger partial charge is 0.308 e. The van der Waals surface area contributed by atoms with Crippen LogP contribution in [0.15, 0.2) is 48.5 Å². The third kappa shape index (κ3) is 8.47. The van der Waals surface area contributed by atoms with Crippen LogP contribution in [0, 0.1) is 15.9 Å². The van der Waals surface area contributed by atoms with Gasteiger partial charge < -0.3 is 15.4 Å². The Morgan fingerprint density at radius 3 is 2.35 bits per heavy atom. The summed E-state index contributed by atoms with van der Waals surface area (Å²) < 4.78 is 18.1. The molecule has 2 aromatic carbocycles. The molecule has 0 fully saturated rings. The molecular weight excluding hydrogens is 465 g/mol. The van der Waals surface area contributed by atoms with Crippen molar-refractivity contribution in [2.45, 2.75) is 44.6 Å². The van der Waals surface area contributed by atoms with Crippen molar-refractivity contribution in [2.24, 2.45) is 0 Å². The summed E-state index contributed by atoms with van der Waals surface area (Å²) in [4.78, 5) is 48.1. The number of carbonyl (C=O) groups is 3. The first-order valence-electron chi connectivity index (χ1n) is 10.5. The SMILES string of the molecule is CC(C)OC(=O)CC(NC(=O)C(C)SCC(=O)Nc1ccc(F)cc1)c1ccccc1[N+](=O)[O-]. The number of anilines is 1. The number of rotatable bonds is 11. The van der Waals surface area contributed by atoms with Crippen LogP contribution in [0.4, 0.5) is 15.8 Å². The number of ether oxygens (including phenoxy) is 1. The van der Waals surface area contributed by atoms with Gasteiger partial charge in [-0.15, -0.1) is 11.8 Å². The van der Waals surface area contributed by atoms with E-state index in [9.17, 15) is 28.9 Å². The monoisotopic (exact) mass is 491 g/mol. The quantitative estimate of drug-likeness (QED) is 0.276. The zero-order chi connectivity index (χ0) is 25.3. The van der Waals surface area contributed by atoms with Gasteiger partial charge in [0.1, 0.15) is 5.82 Å². The molecule has 182 valence electrons. The molecule has 2 unspecified atom stereocenters. The highest BCUT2D eigenvalue weighted by atomic mass is 32.2. The van der Waals surface area contributed by atoms with Gasteiger partial charge in [-0.1, -0.05) is 18.2 Å². The number of hydrogen-bond acceptors (Lipinski definition) is 7. The minimum absolute atomic E-state index is 0.0580. The van der Waals surface area contributed by atoms with Crippen LogP contribution in [0.5, 0.6) is 0 Å². The fourth-order valence-corrected chi connectivity index (χ4v) is 3.65. The highest BCUT2D eigenvalue weighted by Crippen LogP contribution is 2.28. The molecule has 0 radical (unpaired) electrons. The highest BCUT2D eigenvalue weighted by molar-refractivity contribution is 8.01. The topological polar surface area (TPSA) is 128 Å². The van der Waals surface area contributed by atoms with Crippen LogP contribution in [0.1, 0.15) is 38.8 Å². The Morgan fingerprint density at radius 1 is 1.09 bits per heavy atom. The van der Waals surface area contributed by atoms with Gasteiger partial charge in [-0.05, 0) is 45.0 Å². The number of nitrogens with one attached hydrogen (secondary N) is 2. The lowest BCUT2D eigenvalue weighted by Crippen LogP contribution is -2.36. The fourth-order valence-electron chi connectivity index (χ4n) is 2.96. The van der Waals surface area contributed by atoms with Gasteiger partial charge in [0.2, 0.25) is 11.8 Å². The minimum Gasteiger partial charge on any atom is -0.463 e. The number of carbonyl (C=O) groups excluding carboxylic acids is 3. The highest BCUT2D eigenvalue weighted by Gasteiger charge is 2.28. The summed E-state index contributed by atoms with van der Waals surface area (Å²) in [6.07, 6.45) is -0.680. The van der Waals surface area contributed by atoms with E-state index in [-0.39, 0.29) is 35.4 Å². The van der Waals surface area contributed by atoms with E-state index in [4.69, 9.17) is 4.74 Å². The molecular formula is C23H26FN3O6S. The molecule has 0 saturated carbocycles. The lowest BCUT2D eigenvalue weighted by atomic mass is 10.0. The molecule has 0 spiro atoms. The largest absolute Gasteiger partial charge is 0.463 e. The standard InChI is InChI=1S/C23H26FN3O6S/c1-14(2)33-22(29)12-19(18-6-4-5-7-20(18)27(31)32)26-23(30)15(3)34-13-21(28)25-17-10-8-16(24)9-11-17/h4-11,14-15,19H,12-13H2,1-3H3,(H,25,28)(H,26,30). The maximum atomic E-state index is 13.0. The van der Waals surface area contributed by atoms with Gasteiger partial charge in [0.25, 0.3) is 5.69 Å². The van der Waals surface area contributed by atoms with Gasteiger partial charge in [0.15, 0.2) is 0 Å². The lowest BCUT2D eigenvalue weighted by molar-refractivity contribution is -0.385. The van der Waals surface area contributed by atoms with Crippen molar-refractivity contribution in [3.63, 3.8) is 0 Å². The first-order valence-corrected chi connectivity index (χ1v) is 11.5. The van der Waals surface area contributed by atoms with E-state index in [1.54, 1.807) is 26.8 Å². The summed E-state index contributed by atoms with van der Waals surface area (Å²) in [5, 5.41) is 16.0. The summed E-state index contributed by atoms with van der Waals surface area (Å²) in [5.74, 6) is -1.98. The summed E-state index contributed by atoms with van der Waals surface area (Å²) >= 11 is 1.04. The molecule has 0 aromatic heterocycles. The number of nitro benzene ring substituents is 1. The number of hydrogen-bond donors (Lipinski definition) is 2. The van der Waals surface area contributed by atoms with Crippen molar-refractivity contribution in [2.75, 3.05) is 11.1 Å². The van der Waals surface area contributed by atoms with E-state index < -0.39 is 33.9 Å². The number of thioether (sulfide) groups is 1. The average Bonchev–Trinajstić information content (AvgIpc) is 2.77. The van der Waals surface area contributed by atoms with Crippen LogP contribution < -0.4 is 10.6 Å². The Bertz CT molecular complexity index is 1030. The van der Waals surface area contributed by atoms with Crippen LogP contribution in [-0.4, -0.2) is 39.8 Å². The van der Waals surface area contributed by atoms with E-state index in [0.29, 0.717) is 5.69 Å². The van der Waals surface area contributed by atoms with E-state index >= 15 is 0 Å². The Kier molecular flexibility index (Phi) is 9.99. The first kappa shape index (κ1) is 26.8. The summed E-state index contributed by atoms with van der Waals surface area (Å²) in [5.41, 5.74) is 0.362. The van der Waals surface area contributed by atoms with Crippen molar-refractivity contribution >= 4 is 40.9 Å². The molecule has 2 rings (SSSR count). The maximum Gasteiger partial charge on any atom is 0.308 e. The molecule has 2 N–H and O–H groups in total. The van der Waals surface area contributed by atoms with Crippen molar-refractivity contribution in [1.82, 2.24) is 5.32 Å². The number of benzene rings is 2. The summed E-state index contributed by atoms with van der Waals surface area (Å²) in [6.45, 7) is 4.92. The molecule has 0 aliphatic rings. The van der Waals surface area contributed by atoms with Gasteiger partial charge in [0.05, 0.1) is 40.1 Å². The van der Waals surface area contributed by atoms with Crippen molar-refractivity contribution in [3.05, 3.63) is 70.0 Å². The van der Waals surface area contributed by atoms with Gasteiger partial charge >= 0.3 is 5.97 Å². The number of para-hydroxylation sites is 1. The van der Waals surface area contributed by atoms with Crippen LogP contribution in [-0.2, 0) is 19.1 Å². The Morgan fingerprint density at radius 2 is 1.74 bits per heavy atom. The Balaban J connectivity index is 2.05. The molecule has 2 aromatic rings. The molecule has 9 nitrogen and oxygen atoms in total. The normalized spacial score (nSPS) is 12.5. The molecule has 34 heavy (non-hydrogen) atoms. The second-order valence-electron chi connectivity index (χ2n) is 7.63. The average molecular weight is 492 g/mol. The van der Waals surface area contributed by atoms with Crippen LogP contribution in [0.3, 0.4) is 0 Å². The summed E-state index contributed by atoms with van der Waals surface area (Å²) in [7, 11) is 0. The molecule has 0 saturated heterocycles. The predicted molar refractivity (Wildman–Crippen MR) is 127 cm³/mol. The molecule has 2 atom stereocenters. The zero-order valence-electron chi connectivity index (χ0n) is 18.9. The molecule has 0 bridgehead atoms. The molecule has 11 heteroatoms. The minimum atomic E-state index is -0.989. The predicted octanol–water partition coefficient (Wildman–Crippen LogP) is 3.99. The van der Waals surface area contributed by atoms with Gasteiger partial charge in [0, 0.05) is 11.8 Å². The number of halogens is 1. The Hall–Kier alpha value is -3.47. The Labute approximate surface area is 200 Å². The maximum absolute atomic E-state index is 13.0. The van der Waals surface area contributed by atoms with Crippen molar-refractivity contribution in [1.29, 1.82) is 0 Å². The fraction of sp³-hybridized carbons (Fsp3) is 0.348. The lowest BCUT2D eigenvalue weighted by Gasteiger charge is -2.21. The summed E-state index contributed by atoms with van der Waals surface area (Å²) in [6, 6.07) is 10.1. The zero-order valence-corrected chi connectivity index (χ0v) is 19.8. The van der Waals surface area contributed by atoms with E-state index in [1.165, 1.54) is 42.5 Å². The first-order chi connectivity index (χ1) is 16.1. The molecule has 0 aliphatic heterocycles. The molecule has 2 amide bonds. The van der Waals surface area contributed by atoms with Crippen molar-refractivity contribution < 1.29 is 28.4 Å². The number of amides is 2.